The highest BCUT2D eigenvalue weighted by atomic mass is 16.5. The van der Waals surface area contributed by atoms with Gasteiger partial charge in [-0.3, -0.25) is 0 Å². The van der Waals surface area contributed by atoms with Gasteiger partial charge in [0.05, 0.1) is 11.9 Å². The van der Waals surface area contributed by atoms with E-state index in [2.05, 4.69) is 5.32 Å². The monoisotopic (exact) mass is 183 g/mol. The molecule has 1 aromatic rings. The highest BCUT2D eigenvalue weighted by molar-refractivity contribution is 4.96. The van der Waals surface area contributed by atoms with Crippen molar-refractivity contribution in [3.05, 3.63) is 24.2 Å². The largest absolute Gasteiger partial charge is 0.467 e. The van der Waals surface area contributed by atoms with E-state index < -0.39 is 0 Å². The average Bonchev–Trinajstić information content (AvgIpc) is 2.52. The summed E-state index contributed by atoms with van der Waals surface area (Å²) < 4.78 is 10.8. The maximum Gasteiger partial charge on any atom is 0.129 e. The highest BCUT2D eigenvalue weighted by Crippen LogP contribution is 2.11. The molecule has 1 heterocycles. The summed E-state index contributed by atoms with van der Waals surface area (Å²) in [6.07, 6.45) is 1.66. The van der Waals surface area contributed by atoms with Gasteiger partial charge in [-0.15, -0.1) is 0 Å². The van der Waals surface area contributed by atoms with Crippen LogP contribution in [0.1, 0.15) is 19.6 Å². The lowest BCUT2D eigenvalue weighted by molar-refractivity contribution is -0.0336. The molecule has 0 aliphatic rings. The Morgan fingerprint density at radius 3 is 2.85 bits per heavy atom. The second-order valence-electron chi connectivity index (χ2n) is 3.66. The first-order valence-electron chi connectivity index (χ1n) is 4.45. The molecule has 1 aromatic heterocycles. The second-order valence-corrected chi connectivity index (χ2v) is 3.66. The van der Waals surface area contributed by atoms with Gasteiger partial charge < -0.3 is 14.5 Å². The molecule has 0 aliphatic heterocycles. The zero-order valence-electron chi connectivity index (χ0n) is 8.46. The Bertz CT molecular complexity index is 229. The van der Waals surface area contributed by atoms with Crippen LogP contribution in [0.4, 0.5) is 0 Å². The lowest BCUT2D eigenvalue weighted by atomic mass is 10.1. The standard InChI is InChI=1S/C10H17NO2/c1-10(2,8-11-3)13-7-9-5-4-6-12-9/h4-6,11H,7-8H2,1-3H3. The van der Waals surface area contributed by atoms with Crippen LogP contribution < -0.4 is 5.32 Å². The molecule has 0 fully saturated rings. The lowest BCUT2D eigenvalue weighted by Gasteiger charge is -2.24. The maximum absolute atomic E-state index is 5.66. The van der Waals surface area contributed by atoms with Crippen LogP contribution >= 0.6 is 0 Å². The van der Waals surface area contributed by atoms with Crippen LogP contribution in [0.3, 0.4) is 0 Å². The molecule has 0 aliphatic carbocycles. The third-order valence-electron chi connectivity index (χ3n) is 1.79. The van der Waals surface area contributed by atoms with E-state index in [4.69, 9.17) is 9.15 Å². The van der Waals surface area contributed by atoms with Crippen molar-refractivity contribution in [3.8, 4) is 0 Å². The number of hydrogen-bond donors (Lipinski definition) is 1. The molecule has 74 valence electrons. The average molecular weight is 183 g/mol. The minimum absolute atomic E-state index is 0.151. The Labute approximate surface area is 79.1 Å². The van der Waals surface area contributed by atoms with E-state index in [9.17, 15) is 0 Å². The molecule has 1 rings (SSSR count). The number of nitrogens with one attached hydrogen (secondary N) is 1. The Balaban J connectivity index is 2.33. The maximum atomic E-state index is 5.66. The van der Waals surface area contributed by atoms with Crippen molar-refractivity contribution in [2.45, 2.75) is 26.1 Å². The zero-order chi connectivity index (χ0) is 9.73. The molecule has 3 heteroatoms. The van der Waals surface area contributed by atoms with Gasteiger partial charge in [0.1, 0.15) is 12.4 Å². The summed E-state index contributed by atoms with van der Waals surface area (Å²) in [5, 5.41) is 3.08. The van der Waals surface area contributed by atoms with Gasteiger partial charge >= 0.3 is 0 Å². The molecule has 0 saturated heterocycles. The molecule has 3 nitrogen and oxygen atoms in total. The van der Waals surface area contributed by atoms with Gasteiger partial charge in [-0.05, 0) is 33.0 Å². The molecule has 0 amide bonds. The van der Waals surface area contributed by atoms with E-state index in [0.717, 1.165) is 12.3 Å². The fraction of sp³-hybridized carbons (Fsp3) is 0.600. The van der Waals surface area contributed by atoms with Crippen molar-refractivity contribution in [2.75, 3.05) is 13.6 Å². The van der Waals surface area contributed by atoms with E-state index in [0.29, 0.717) is 6.61 Å². The van der Waals surface area contributed by atoms with E-state index in [1.165, 1.54) is 0 Å². The first-order valence-corrected chi connectivity index (χ1v) is 4.45. The van der Waals surface area contributed by atoms with Gasteiger partial charge in [0, 0.05) is 6.54 Å². The van der Waals surface area contributed by atoms with Crippen LogP contribution in [-0.4, -0.2) is 19.2 Å². The zero-order valence-corrected chi connectivity index (χ0v) is 8.46. The Hall–Kier alpha value is -0.800. The van der Waals surface area contributed by atoms with Crippen LogP contribution in [0, 0.1) is 0 Å². The number of ether oxygens (including phenoxy) is 1. The highest BCUT2D eigenvalue weighted by Gasteiger charge is 2.17. The Morgan fingerprint density at radius 1 is 1.54 bits per heavy atom. The van der Waals surface area contributed by atoms with E-state index in [1.54, 1.807) is 6.26 Å². The number of likely N-dealkylation sites (N-methyl/N-ethyl adjacent to an activating group) is 1. The van der Waals surface area contributed by atoms with Gasteiger partial charge in [0.25, 0.3) is 0 Å². The van der Waals surface area contributed by atoms with Crippen molar-refractivity contribution in [3.63, 3.8) is 0 Å². The number of hydrogen-bond acceptors (Lipinski definition) is 3. The summed E-state index contributed by atoms with van der Waals surface area (Å²) in [7, 11) is 1.91. The summed E-state index contributed by atoms with van der Waals surface area (Å²) in [5.41, 5.74) is -0.151. The second kappa shape index (κ2) is 4.44. The Morgan fingerprint density at radius 2 is 2.31 bits per heavy atom. The normalized spacial score (nSPS) is 11.9. The molecule has 0 radical (unpaired) electrons. The molecular weight excluding hydrogens is 166 g/mol. The predicted octanol–water partition coefficient (Wildman–Crippen LogP) is 1.79. The van der Waals surface area contributed by atoms with Crippen molar-refractivity contribution in [1.82, 2.24) is 5.32 Å². The molecule has 0 aromatic carbocycles. The summed E-state index contributed by atoms with van der Waals surface area (Å²) >= 11 is 0. The fourth-order valence-electron chi connectivity index (χ4n) is 1.14. The third-order valence-corrected chi connectivity index (χ3v) is 1.79. The molecule has 0 unspecified atom stereocenters. The van der Waals surface area contributed by atoms with Crippen LogP contribution in [0.2, 0.25) is 0 Å². The quantitative estimate of drug-likeness (QED) is 0.755. The summed E-state index contributed by atoms with van der Waals surface area (Å²) in [5.74, 6) is 0.865. The first-order chi connectivity index (χ1) is 6.14. The first kappa shape index (κ1) is 10.3. The SMILES string of the molecule is CNCC(C)(C)OCc1ccco1. The molecule has 0 saturated carbocycles. The molecule has 0 spiro atoms. The van der Waals surface area contributed by atoms with Crippen LogP contribution in [-0.2, 0) is 11.3 Å². The number of rotatable bonds is 5. The van der Waals surface area contributed by atoms with Crippen LogP contribution in [0.5, 0.6) is 0 Å². The molecular formula is C10H17NO2. The number of furan rings is 1. The smallest absolute Gasteiger partial charge is 0.129 e. The fourth-order valence-corrected chi connectivity index (χ4v) is 1.14. The van der Waals surface area contributed by atoms with Gasteiger partial charge in [0.2, 0.25) is 0 Å². The minimum Gasteiger partial charge on any atom is -0.467 e. The van der Waals surface area contributed by atoms with Crippen molar-refractivity contribution in [2.24, 2.45) is 0 Å². The van der Waals surface area contributed by atoms with Crippen molar-refractivity contribution < 1.29 is 9.15 Å². The van der Waals surface area contributed by atoms with Gasteiger partial charge in [-0.25, -0.2) is 0 Å². The molecule has 0 atom stereocenters. The Kier molecular flexibility index (Phi) is 3.51. The van der Waals surface area contributed by atoms with Gasteiger partial charge in [-0.2, -0.15) is 0 Å². The third kappa shape index (κ3) is 3.61. The topological polar surface area (TPSA) is 34.4 Å². The predicted molar refractivity (Wildman–Crippen MR) is 51.5 cm³/mol. The van der Waals surface area contributed by atoms with Gasteiger partial charge in [0.15, 0.2) is 0 Å². The summed E-state index contributed by atoms with van der Waals surface area (Å²) in [6.45, 7) is 5.45. The molecule has 13 heavy (non-hydrogen) atoms. The van der Waals surface area contributed by atoms with Crippen LogP contribution in [0.15, 0.2) is 22.8 Å². The van der Waals surface area contributed by atoms with Crippen LogP contribution in [0.25, 0.3) is 0 Å². The van der Waals surface area contributed by atoms with Gasteiger partial charge in [-0.1, -0.05) is 0 Å². The van der Waals surface area contributed by atoms with E-state index in [-0.39, 0.29) is 5.60 Å². The molecule has 0 bridgehead atoms. The summed E-state index contributed by atoms with van der Waals surface area (Å²) in [4.78, 5) is 0. The summed E-state index contributed by atoms with van der Waals surface area (Å²) in [6, 6.07) is 3.78. The molecule has 1 N–H and O–H groups in total. The van der Waals surface area contributed by atoms with E-state index in [1.807, 2.05) is 33.0 Å². The van der Waals surface area contributed by atoms with E-state index >= 15 is 0 Å². The van der Waals surface area contributed by atoms with Crippen molar-refractivity contribution >= 4 is 0 Å². The lowest BCUT2D eigenvalue weighted by Crippen LogP contribution is -2.35. The minimum atomic E-state index is -0.151. The van der Waals surface area contributed by atoms with Crippen molar-refractivity contribution in [1.29, 1.82) is 0 Å².